The number of aromatic amines is 1. The molecule has 2 aromatic rings. The van der Waals surface area contributed by atoms with Gasteiger partial charge in [0.25, 0.3) is 0 Å². The maximum absolute atomic E-state index is 13.0. The molecular formula is C20H25N3O2. The van der Waals surface area contributed by atoms with Crippen molar-refractivity contribution in [1.29, 1.82) is 0 Å². The topological polar surface area (TPSA) is 56.4 Å². The third-order valence-electron chi connectivity index (χ3n) is 5.48. The van der Waals surface area contributed by atoms with Crippen molar-refractivity contribution in [2.75, 3.05) is 13.1 Å². The second-order valence-electron chi connectivity index (χ2n) is 8.21. The van der Waals surface area contributed by atoms with Crippen molar-refractivity contribution in [3.05, 3.63) is 35.5 Å². The van der Waals surface area contributed by atoms with Crippen molar-refractivity contribution in [2.45, 2.75) is 45.7 Å². The van der Waals surface area contributed by atoms with Crippen molar-refractivity contribution < 1.29 is 9.59 Å². The van der Waals surface area contributed by atoms with Gasteiger partial charge in [0.05, 0.1) is 5.92 Å². The lowest BCUT2D eigenvalue weighted by Gasteiger charge is -2.33. The Morgan fingerprint density at radius 1 is 1.24 bits per heavy atom. The van der Waals surface area contributed by atoms with Crippen molar-refractivity contribution >= 4 is 22.7 Å². The van der Waals surface area contributed by atoms with Crippen molar-refractivity contribution in [2.24, 2.45) is 5.92 Å². The Balaban J connectivity index is 1.54. The molecule has 3 heterocycles. The number of aromatic nitrogens is 1. The van der Waals surface area contributed by atoms with Gasteiger partial charge in [0.1, 0.15) is 0 Å². The Morgan fingerprint density at radius 2 is 2.00 bits per heavy atom. The average Bonchev–Trinajstić information content (AvgIpc) is 3.14. The van der Waals surface area contributed by atoms with Crippen molar-refractivity contribution in [3.63, 3.8) is 0 Å². The first-order valence-corrected chi connectivity index (χ1v) is 9.02. The molecule has 25 heavy (non-hydrogen) atoms. The fourth-order valence-corrected chi connectivity index (χ4v) is 4.13. The number of H-pyrrole nitrogens is 1. The van der Waals surface area contributed by atoms with Gasteiger partial charge >= 0.3 is 0 Å². The fourth-order valence-electron chi connectivity index (χ4n) is 4.13. The number of hydrogen-bond acceptors (Lipinski definition) is 2. The van der Waals surface area contributed by atoms with E-state index < -0.39 is 0 Å². The van der Waals surface area contributed by atoms with E-state index in [4.69, 9.17) is 0 Å². The van der Waals surface area contributed by atoms with E-state index in [0.29, 0.717) is 19.5 Å². The molecule has 0 radical (unpaired) electrons. The van der Waals surface area contributed by atoms with Crippen LogP contribution in [-0.4, -0.2) is 45.2 Å². The number of hydrogen-bond donors (Lipinski definition) is 1. The highest BCUT2D eigenvalue weighted by Gasteiger charge is 2.41. The van der Waals surface area contributed by atoms with Crippen LogP contribution in [-0.2, 0) is 22.6 Å². The van der Waals surface area contributed by atoms with Gasteiger partial charge in [0.15, 0.2) is 0 Å². The standard InChI is InChI=1S/C20H25N3O2/c1-20(2,3)23-11-13(10-18(23)24)19(25)22-9-8-17-15(12-22)14-6-4-5-7-16(14)21-17/h4-7,13,21H,8-12H2,1-3H3. The summed E-state index contributed by atoms with van der Waals surface area (Å²) in [7, 11) is 0. The number of rotatable bonds is 1. The second kappa shape index (κ2) is 5.61. The summed E-state index contributed by atoms with van der Waals surface area (Å²) in [5.41, 5.74) is 3.38. The van der Waals surface area contributed by atoms with E-state index in [2.05, 4.69) is 17.1 Å². The maximum Gasteiger partial charge on any atom is 0.228 e. The molecule has 1 atom stereocenters. The summed E-state index contributed by atoms with van der Waals surface area (Å²) in [6.07, 6.45) is 1.19. The van der Waals surface area contributed by atoms with Crippen LogP contribution in [0.4, 0.5) is 0 Å². The van der Waals surface area contributed by atoms with Crippen LogP contribution in [0.15, 0.2) is 24.3 Å². The lowest BCUT2D eigenvalue weighted by molar-refractivity contribution is -0.136. The van der Waals surface area contributed by atoms with Gasteiger partial charge in [-0.15, -0.1) is 0 Å². The first-order valence-electron chi connectivity index (χ1n) is 9.02. The fraction of sp³-hybridized carbons (Fsp3) is 0.500. The first kappa shape index (κ1) is 16.2. The van der Waals surface area contributed by atoms with Crippen molar-refractivity contribution in [1.82, 2.24) is 14.8 Å². The summed E-state index contributed by atoms with van der Waals surface area (Å²) in [4.78, 5) is 32.6. The van der Waals surface area contributed by atoms with E-state index in [9.17, 15) is 9.59 Å². The van der Waals surface area contributed by atoms with Crippen LogP contribution in [0.2, 0.25) is 0 Å². The lowest BCUT2D eigenvalue weighted by Crippen LogP contribution is -2.44. The summed E-state index contributed by atoms with van der Waals surface area (Å²) in [6, 6.07) is 8.25. The normalized spacial score (nSPS) is 21.1. The number of benzene rings is 1. The van der Waals surface area contributed by atoms with Crippen LogP contribution in [0.1, 0.15) is 38.4 Å². The predicted molar refractivity (Wildman–Crippen MR) is 97.0 cm³/mol. The Hall–Kier alpha value is -2.30. The predicted octanol–water partition coefficient (Wildman–Crippen LogP) is 2.70. The van der Waals surface area contributed by atoms with Gasteiger partial charge in [-0.2, -0.15) is 0 Å². The molecule has 1 saturated heterocycles. The molecule has 1 aromatic carbocycles. The highest BCUT2D eigenvalue weighted by molar-refractivity contribution is 5.90. The molecule has 1 N–H and O–H groups in total. The highest BCUT2D eigenvalue weighted by atomic mass is 16.2. The summed E-state index contributed by atoms with van der Waals surface area (Å²) < 4.78 is 0. The molecule has 2 aliphatic heterocycles. The minimum absolute atomic E-state index is 0.0932. The van der Waals surface area contributed by atoms with E-state index in [0.717, 1.165) is 18.5 Å². The van der Waals surface area contributed by atoms with Crippen LogP contribution in [0.5, 0.6) is 0 Å². The Labute approximate surface area is 148 Å². The van der Waals surface area contributed by atoms with Gasteiger partial charge in [-0.3, -0.25) is 9.59 Å². The third-order valence-corrected chi connectivity index (χ3v) is 5.48. The summed E-state index contributed by atoms with van der Waals surface area (Å²) in [5.74, 6) is 0.00477. The molecule has 2 aliphatic rings. The number of fused-ring (bicyclic) bond motifs is 3. The van der Waals surface area contributed by atoms with Gasteiger partial charge < -0.3 is 14.8 Å². The number of nitrogens with zero attached hydrogens (tertiary/aromatic N) is 2. The van der Waals surface area contributed by atoms with E-state index >= 15 is 0 Å². The quantitative estimate of drug-likeness (QED) is 0.868. The molecule has 2 amide bonds. The molecule has 1 fully saturated rings. The van der Waals surface area contributed by atoms with Crippen LogP contribution in [0.25, 0.3) is 10.9 Å². The molecule has 4 rings (SSSR count). The number of amides is 2. The van der Waals surface area contributed by atoms with E-state index in [1.54, 1.807) is 0 Å². The number of para-hydroxylation sites is 1. The minimum Gasteiger partial charge on any atom is -0.358 e. The molecule has 0 spiro atoms. The van der Waals surface area contributed by atoms with Crippen LogP contribution >= 0.6 is 0 Å². The molecule has 0 bridgehead atoms. The number of nitrogens with one attached hydrogen (secondary N) is 1. The van der Waals surface area contributed by atoms with Crippen LogP contribution < -0.4 is 0 Å². The molecule has 132 valence electrons. The smallest absolute Gasteiger partial charge is 0.228 e. The Kier molecular flexibility index (Phi) is 3.63. The second-order valence-corrected chi connectivity index (χ2v) is 8.21. The van der Waals surface area contributed by atoms with E-state index in [1.165, 1.54) is 16.6 Å². The Bertz CT molecular complexity index is 846. The lowest BCUT2D eigenvalue weighted by atomic mass is 10.0. The number of likely N-dealkylation sites (tertiary alicyclic amines) is 1. The first-order chi connectivity index (χ1) is 11.8. The van der Waals surface area contributed by atoms with Crippen LogP contribution in [0, 0.1) is 5.92 Å². The third kappa shape index (κ3) is 2.71. The van der Waals surface area contributed by atoms with E-state index in [1.807, 2.05) is 42.7 Å². The van der Waals surface area contributed by atoms with Gasteiger partial charge in [0, 0.05) is 60.2 Å². The molecule has 1 unspecified atom stereocenters. The van der Waals surface area contributed by atoms with Crippen LogP contribution in [0.3, 0.4) is 0 Å². The zero-order chi connectivity index (χ0) is 17.8. The minimum atomic E-state index is -0.224. The van der Waals surface area contributed by atoms with Crippen molar-refractivity contribution in [3.8, 4) is 0 Å². The maximum atomic E-state index is 13.0. The van der Waals surface area contributed by atoms with E-state index in [-0.39, 0.29) is 23.3 Å². The Morgan fingerprint density at radius 3 is 2.72 bits per heavy atom. The molecular weight excluding hydrogens is 314 g/mol. The number of carbonyl (C=O) groups is 2. The van der Waals surface area contributed by atoms with Gasteiger partial charge in [-0.25, -0.2) is 0 Å². The summed E-state index contributed by atoms with van der Waals surface area (Å²) in [6.45, 7) is 7.97. The molecule has 0 saturated carbocycles. The van der Waals surface area contributed by atoms with Gasteiger partial charge in [0.2, 0.25) is 11.8 Å². The SMILES string of the molecule is CC(C)(C)N1CC(C(=O)N2CCc3[nH]c4ccccc4c3C2)CC1=O. The average molecular weight is 339 g/mol. The molecule has 0 aliphatic carbocycles. The molecule has 5 heteroatoms. The number of carbonyl (C=O) groups excluding carboxylic acids is 2. The van der Waals surface area contributed by atoms with Gasteiger partial charge in [-0.05, 0) is 26.8 Å². The zero-order valence-corrected chi connectivity index (χ0v) is 15.1. The largest absolute Gasteiger partial charge is 0.358 e. The summed E-state index contributed by atoms with van der Waals surface area (Å²) >= 11 is 0. The highest BCUT2D eigenvalue weighted by Crippen LogP contribution is 2.31. The van der Waals surface area contributed by atoms with Gasteiger partial charge in [-0.1, -0.05) is 18.2 Å². The monoisotopic (exact) mass is 339 g/mol. The zero-order valence-electron chi connectivity index (χ0n) is 15.1. The summed E-state index contributed by atoms with van der Waals surface area (Å²) in [5, 5.41) is 1.20. The molecule has 1 aromatic heterocycles. The molecule has 5 nitrogen and oxygen atoms in total.